The largest absolute Gasteiger partial charge is 0.393 e. The number of allylic oxidation sites excluding steroid dienone is 2. The molecule has 1 aromatic heterocycles. The zero-order valence-electron chi connectivity index (χ0n) is 21.7. The molecule has 4 aliphatic rings. The monoisotopic (exact) mass is 499 g/mol. The molecular weight excluding hydrogens is 458 g/mol. The van der Waals surface area contributed by atoms with Gasteiger partial charge >= 0.3 is 0 Å². The minimum absolute atomic E-state index is 0.0821. The molecule has 6 rings (SSSR count). The molecule has 7 atom stereocenters. The van der Waals surface area contributed by atoms with Crippen molar-refractivity contribution < 1.29 is 10.2 Å². The Morgan fingerprint density at radius 1 is 1.11 bits per heavy atom. The summed E-state index contributed by atoms with van der Waals surface area (Å²) in [4.78, 5) is -0.583. The van der Waals surface area contributed by atoms with Gasteiger partial charge < -0.3 is 15.5 Å². The Balaban J connectivity index is 0.000000806. The first-order valence-corrected chi connectivity index (χ1v) is 13.9. The first kappa shape index (κ1) is 25.3. The van der Waals surface area contributed by atoms with E-state index in [1.165, 1.54) is 16.5 Å². The summed E-state index contributed by atoms with van der Waals surface area (Å²) in [5, 5.41) is 34.2. The highest BCUT2D eigenvalue weighted by Gasteiger charge is 2.65. The number of aliphatic hydroxyl groups is 2. The van der Waals surface area contributed by atoms with Gasteiger partial charge in [-0.2, -0.15) is 5.10 Å². The van der Waals surface area contributed by atoms with Crippen molar-refractivity contribution in [3.63, 3.8) is 0 Å². The Labute approximate surface area is 214 Å². The van der Waals surface area contributed by atoms with E-state index in [9.17, 15) is 10.2 Å². The maximum absolute atomic E-state index is 12.4. The van der Waals surface area contributed by atoms with Crippen LogP contribution in [0.25, 0.3) is 16.5 Å². The number of aliphatic hydroxyl groups excluding tert-OH is 1. The van der Waals surface area contributed by atoms with Crippen LogP contribution in [-0.2, 0) is 0 Å². The Morgan fingerprint density at radius 3 is 2.66 bits per heavy atom. The van der Waals surface area contributed by atoms with E-state index < -0.39 is 10.5 Å². The van der Waals surface area contributed by atoms with E-state index in [1.54, 1.807) is 0 Å². The summed E-state index contributed by atoms with van der Waals surface area (Å²) < 4.78 is 0. The van der Waals surface area contributed by atoms with E-state index in [-0.39, 0.29) is 17.4 Å². The molecule has 0 bridgehead atoms. The number of aryl methyl sites for hydroxylation is 1. The maximum Gasteiger partial charge on any atom is 0.0929 e. The number of aromatic amines is 1. The van der Waals surface area contributed by atoms with Crippen molar-refractivity contribution >= 4 is 28.1 Å². The molecule has 0 saturated heterocycles. The third-order valence-electron chi connectivity index (χ3n) is 9.99. The highest BCUT2D eigenvalue weighted by Crippen LogP contribution is 2.67. The van der Waals surface area contributed by atoms with Crippen LogP contribution in [0, 0.1) is 30.1 Å². The quantitative estimate of drug-likeness (QED) is 0.386. The molecule has 0 spiro atoms. The smallest absolute Gasteiger partial charge is 0.0929 e. The van der Waals surface area contributed by atoms with Gasteiger partial charge in [0.25, 0.3) is 0 Å². The number of fused-ring (bicyclic) bond motifs is 5. The third-order valence-corrected chi connectivity index (χ3v) is 10.7. The van der Waals surface area contributed by atoms with Crippen LogP contribution in [0.2, 0.25) is 0 Å². The lowest BCUT2D eigenvalue weighted by atomic mass is 9.53. The summed E-state index contributed by atoms with van der Waals surface area (Å²) in [5.74, 6) is 1.17. The molecule has 0 aliphatic heterocycles. The van der Waals surface area contributed by atoms with Crippen LogP contribution in [0.4, 0.5) is 0 Å². The van der Waals surface area contributed by atoms with E-state index in [2.05, 4.69) is 53.6 Å². The summed E-state index contributed by atoms with van der Waals surface area (Å²) in [6.45, 7) is 4.41. The highest BCUT2D eigenvalue weighted by atomic mass is 35.5. The average molecular weight is 500 g/mol. The Bertz CT molecular complexity index is 1110. The van der Waals surface area contributed by atoms with E-state index in [4.69, 9.17) is 11.6 Å². The van der Waals surface area contributed by atoms with Crippen LogP contribution in [-0.4, -0.2) is 51.1 Å². The van der Waals surface area contributed by atoms with Gasteiger partial charge in [-0.1, -0.05) is 25.1 Å². The molecule has 5 nitrogen and oxygen atoms in total. The first-order valence-electron chi connectivity index (χ1n) is 13.5. The van der Waals surface area contributed by atoms with Crippen LogP contribution < -0.4 is 5.32 Å². The van der Waals surface area contributed by atoms with Gasteiger partial charge in [-0.25, -0.2) is 0 Å². The molecule has 1 aromatic carbocycles. The van der Waals surface area contributed by atoms with Gasteiger partial charge in [-0.15, -0.1) is 11.6 Å². The third kappa shape index (κ3) is 3.98. The van der Waals surface area contributed by atoms with Crippen molar-refractivity contribution in [2.24, 2.45) is 23.2 Å². The highest BCUT2D eigenvalue weighted by molar-refractivity contribution is 6.25. The zero-order chi connectivity index (χ0) is 25.0. The zero-order valence-corrected chi connectivity index (χ0v) is 22.5. The van der Waals surface area contributed by atoms with Gasteiger partial charge in [-0.05, 0) is 113 Å². The maximum atomic E-state index is 12.4. The number of alkyl halides is 1. The summed E-state index contributed by atoms with van der Waals surface area (Å²) in [6, 6.07) is 6.60. The van der Waals surface area contributed by atoms with Gasteiger partial charge in [0.15, 0.2) is 0 Å². The average Bonchev–Trinajstić information content (AvgIpc) is 3.34. The van der Waals surface area contributed by atoms with Gasteiger partial charge in [0, 0.05) is 17.0 Å². The molecule has 3 saturated carbocycles. The minimum atomic E-state index is -0.866. The molecule has 0 radical (unpaired) electrons. The lowest BCUT2D eigenvalue weighted by Crippen LogP contribution is -2.62. The lowest BCUT2D eigenvalue weighted by molar-refractivity contribution is -0.118. The van der Waals surface area contributed by atoms with Crippen molar-refractivity contribution in [3.8, 4) is 0 Å². The molecule has 192 valence electrons. The molecule has 1 heterocycles. The summed E-state index contributed by atoms with van der Waals surface area (Å²) in [6.07, 6.45) is 10.4. The van der Waals surface area contributed by atoms with Crippen molar-refractivity contribution in [1.82, 2.24) is 15.5 Å². The van der Waals surface area contributed by atoms with Crippen LogP contribution in [0.5, 0.6) is 0 Å². The molecule has 6 heteroatoms. The summed E-state index contributed by atoms with van der Waals surface area (Å²) >= 11 is 7.42. The number of nitrogens with one attached hydrogen (secondary N) is 2. The van der Waals surface area contributed by atoms with Gasteiger partial charge in [-0.3, -0.25) is 5.10 Å². The number of aromatic nitrogens is 2. The number of rotatable bonds is 1. The number of nitrogens with zero attached hydrogens (tertiary/aromatic N) is 1. The predicted molar refractivity (Wildman–Crippen MR) is 143 cm³/mol. The van der Waals surface area contributed by atoms with Crippen LogP contribution in [0.15, 0.2) is 24.3 Å². The van der Waals surface area contributed by atoms with Crippen molar-refractivity contribution in [1.29, 1.82) is 0 Å². The molecule has 6 unspecified atom stereocenters. The van der Waals surface area contributed by atoms with Crippen LogP contribution in [0.1, 0.15) is 76.0 Å². The molecule has 3 fully saturated rings. The number of hydrogen-bond donors (Lipinski definition) is 4. The lowest BCUT2D eigenvalue weighted by Gasteiger charge is -2.57. The molecular formula is C29H42ClN3O2. The number of halogens is 1. The van der Waals surface area contributed by atoms with E-state index in [0.717, 1.165) is 69.0 Å². The second-order valence-corrected chi connectivity index (χ2v) is 12.7. The molecule has 0 amide bonds. The Kier molecular flexibility index (Phi) is 6.61. The van der Waals surface area contributed by atoms with Gasteiger partial charge in [0.05, 0.1) is 22.1 Å². The fraction of sp³-hybridized carbons (Fsp3) is 0.690. The van der Waals surface area contributed by atoms with Crippen molar-refractivity contribution in [2.75, 3.05) is 14.1 Å². The Hall–Kier alpha value is -1.40. The number of benzene rings is 1. The summed E-state index contributed by atoms with van der Waals surface area (Å²) in [7, 11) is 3.75. The SMILES string of the molecule is CNC.Cc1[nH]nc2cc(C3=CCC4C3(C)CCC3(Cl)CC5CC(O)CCC5CC[C@]43O)ccc12. The normalized spacial score (nSPS) is 40.6. The minimum Gasteiger partial charge on any atom is -0.393 e. The first-order chi connectivity index (χ1) is 16.6. The molecule has 4 aliphatic carbocycles. The van der Waals surface area contributed by atoms with Gasteiger partial charge in [0.1, 0.15) is 0 Å². The number of H-pyrrole nitrogens is 1. The van der Waals surface area contributed by atoms with Crippen LogP contribution >= 0.6 is 11.6 Å². The Morgan fingerprint density at radius 2 is 1.89 bits per heavy atom. The second-order valence-electron chi connectivity index (χ2n) is 12.0. The molecule has 2 aromatic rings. The fourth-order valence-corrected chi connectivity index (χ4v) is 8.64. The topological polar surface area (TPSA) is 81.2 Å². The fourth-order valence-electron chi connectivity index (χ4n) is 8.12. The van der Waals surface area contributed by atoms with Crippen molar-refractivity contribution in [3.05, 3.63) is 35.5 Å². The van der Waals surface area contributed by atoms with E-state index >= 15 is 0 Å². The number of hydrogen-bond acceptors (Lipinski definition) is 4. The van der Waals surface area contributed by atoms with Crippen molar-refractivity contribution in [2.45, 2.75) is 88.2 Å². The predicted octanol–water partition coefficient (Wildman–Crippen LogP) is 5.58. The summed E-state index contributed by atoms with van der Waals surface area (Å²) in [5.41, 5.74) is 3.74. The van der Waals surface area contributed by atoms with Gasteiger partial charge in [0.2, 0.25) is 0 Å². The van der Waals surface area contributed by atoms with E-state index in [1.807, 2.05) is 14.1 Å². The van der Waals surface area contributed by atoms with E-state index in [0.29, 0.717) is 11.8 Å². The standard InChI is InChI=1S/C27H35ClN2O2.C2H7N/c1-16-21-6-4-18(14-23(21)30-29-16)22-7-8-24-25(22,2)11-12-26(28)15-19-13-20(31)5-3-17(19)9-10-27(24,26)32;1-3-2/h4,6-7,14,17,19-20,24,31-32H,3,5,8-13,15H2,1-2H3,(H,29,30);3H,1-2H3/t17?,19?,20?,24?,25?,26?,27-;/m0./s1. The molecule has 4 N–H and O–H groups in total. The van der Waals surface area contributed by atoms with Crippen LogP contribution in [0.3, 0.4) is 0 Å². The second kappa shape index (κ2) is 9.16. The molecule has 35 heavy (non-hydrogen) atoms.